The van der Waals surface area contributed by atoms with Crippen LogP contribution in [-0.4, -0.2) is 118 Å². The first-order valence-electron chi connectivity index (χ1n) is 14.7. The number of nitrogens with one attached hydrogen (secondary N) is 3. The SMILES string of the molecule is CC(NC(=O)Cn1cnnn1)[C@H]1C(=O)N2C(C(=O)O)=C(S[C@@H]3CN[C@H](C(=O)N4CCC(Nc5ncccn5)CC4)C3)[C@H](C)[C@H]12. The third kappa shape index (κ3) is 5.85. The molecule has 2 aromatic rings. The summed E-state index contributed by atoms with van der Waals surface area (Å²) < 4.78 is 1.28. The van der Waals surface area contributed by atoms with Gasteiger partial charge >= 0.3 is 5.97 Å². The molecule has 0 aliphatic carbocycles. The van der Waals surface area contributed by atoms with Crippen molar-refractivity contribution in [3.8, 4) is 0 Å². The Morgan fingerprint density at radius 3 is 2.64 bits per heavy atom. The molecule has 0 saturated carbocycles. The van der Waals surface area contributed by atoms with Gasteiger partial charge in [0, 0.05) is 60.2 Å². The van der Waals surface area contributed by atoms with Crippen LogP contribution in [0.25, 0.3) is 0 Å². The molecule has 0 radical (unpaired) electrons. The van der Waals surface area contributed by atoms with Gasteiger partial charge in [0.05, 0.1) is 18.0 Å². The number of amides is 3. The highest BCUT2D eigenvalue weighted by atomic mass is 32.2. The van der Waals surface area contributed by atoms with Crippen LogP contribution in [0.5, 0.6) is 0 Å². The van der Waals surface area contributed by atoms with Gasteiger partial charge in [0.1, 0.15) is 18.6 Å². The van der Waals surface area contributed by atoms with E-state index >= 15 is 0 Å². The lowest BCUT2D eigenvalue weighted by Gasteiger charge is -2.47. The topological polar surface area (TPSA) is 200 Å². The molecule has 234 valence electrons. The maximum atomic E-state index is 13.4. The van der Waals surface area contributed by atoms with Crippen LogP contribution in [0.4, 0.5) is 5.95 Å². The predicted octanol–water partition coefficient (Wildman–Crippen LogP) is -0.692. The molecule has 6 atom stereocenters. The van der Waals surface area contributed by atoms with E-state index in [1.807, 2.05) is 11.8 Å². The zero-order valence-corrected chi connectivity index (χ0v) is 25.2. The molecule has 17 heteroatoms. The molecule has 4 N–H and O–H groups in total. The number of tetrazole rings is 1. The molecule has 0 spiro atoms. The van der Waals surface area contributed by atoms with E-state index in [1.54, 1.807) is 25.4 Å². The summed E-state index contributed by atoms with van der Waals surface area (Å²) >= 11 is 1.44. The Morgan fingerprint density at radius 1 is 1.20 bits per heavy atom. The first kappa shape index (κ1) is 29.9. The molecular weight excluding hydrogens is 590 g/mol. The molecule has 3 amide bonds. The Kier molecular flexibility index (Phi) is 8.48. The van der Waals surface area contributed by atoms with Crippen LogP contribution in [0.3, 0.4) is 0 Å². The van der Waals surface area contributed by atoms with E-state index < -0.39 is 17.9 Å². The number of nitrogens with zero attached hydrogens (tertiary/aromatic N) is 8. The second kappa shape index (κ2) is 12.5. The quantitative estimate of drug-likeness (QED) is 0.242. The molecule has 6 heterocycles. The maximum absolute atomic E-state index is 13.4. The molecule has 0 aromatic carbocycles. The molecule has 16 nitrogen and oxygen atoms in total. The van der Waals surface area contributed by atoms with Gasteiger partial charge in [0.15, 0.2) is 0 Å². The van der Waals surface area contributed by atoms with Crippen LogP contribution in [0.2, 0.25) is 0 Å². The number of β-lactam (4-membered cyclic amide) rings is 1. The van der Waals surface area contributed by atoms with Gasteiger partial charge in [-0.2, -0.15) is 0 Å². The van der Waals surface area contributed by atoms with Crippen molar-refractivity contribution in [2.75, 3.05) is 25.0 Å². The van der Waals surface area contributed by atoms with Crippen molar-refractivity contribution in [3.63, 3.8) is 0 Å². The Balaban J connectivity index is 1.03. The maximum Gasteiger partial charge on any atom is 0.353 e. The summed E-state index contributed by atoms with van der Waals surface area (Å²) in [6.07, 6.45) is 6.86. The van der Waals surface area contributed by atoms with Crippen molar-refractivity contribution in [2.45, 2.75) is 69.1 Å². The highest BCUT2D eigenvalue weighted by Gasteiger charge is 2.60. The van der Waals surface area contributed by atoms with E-state index in [0.717, 1.165) is 12.8 Å². The van der Waals surface area contributed by atoms with Crippen LogP contribution in [0, 0.1) is 11.8 Å². The average molecular weight is 626 g/mol. The number of anilines is 1. The van der Waals surface area contributed by atoms with Crippen LogP contribution in [0.15, 0.2) is 35.4 Å². The molecule has 0 bridgehead atoms. The Hall–Kier alpha value is -4.12. The lowest BCUT2D eigenvalue weighted by molar-refractivity contribution is -0.158. The summed E-state index contributed by atoms with van der Waals surface area (Å²) in [7, 11) is 0. The summed E-state index contributed by atoms with van der Waals surface area (Å²) in [5.41, 5.74) is 0.00714. The Morgan fingerprint density at radius 2 is 1.95 bits per heavy atom. The molecular formula is C27H35N11O5S. The minimum Gasteiger partial charge on any atom is -0.477 e. The largest absolute Gasteiger partial charge is 0.477 e. The highest BCUT2D eigenvalue weighted by molar-refractivity contribution is 8.03. The van der Waals surface area contributed by atoms with Gasteiger partial charge in [-0.3, -0.25) is 14.4 Å². The number of carbonyl (C=O) groups is 4. The summed E-state index contributed by atoms with van der Waals surface area (Å²) in [4.78, 5) is 63.8. The molecule has 4 aliphatic heterocycles. The van der Waals surface area contributed by atoms with E-state index in [0.29, 0.717) is 36.9 Å². The standard InChI is InChI=1S/C27H35N11O5S/c1-14-21-20(15(2)32-19(39)12-37-13-31-34-35-37)25(41)38(21)22(26(42)43)23(14)44-17-10-18(30-11-17)24(40)36-8-4-16(5-9-36)33-27-28-6-3-7-29-27/h3,6-7,13-18,20-21,30H,4-5,8-12H2,1-2H3,(H,32,39)(H,42,43)(H,28,29,33)/t14-,15?,17+,18+,20-,21-/m1/s1. The molecule has 44 heavy (non-hydrogen) atoms. The first-order chi connectivity index (χ1) is 21.2. The van der Waals surface area contributed by atoms with Crippen molar-refractivity contribution in [2.24, 2.45) is 11.8 Å². The highest BCUT2D eigenvalue weighted by Crippen LogP contribution is 2.51. The lowest BCUT2D eigenvalue weighted by atomic mass is 9.78. The predicted molar refractivity (Wildman–Crippen MR) is 156 cm³/mol. The smallest absolute Gasteiger partial charge is 0.353 e. The number of hydrogen-bond acceptors (Lipinski definition) is 12. The summed E-state index contributed by atoms with van der Waals surface area (Å²) in [6.45, 7) is 5.41. The number of carboxylic acids is 1. The van der Waals surface area contributed by atoms with Crippen LogP contribution in [-0.2, 0) is 25.7 Å². The van der Waals surface area contributed by atoms with Gasteiger partial charge in [-0.1, -0.05) is 6.92 Å². The van der Waals surface area contributed by atoms with Crippen molar-refractivity contribution >= 4 is 41.4 Å². The number of aliphatic carboxylic acids is 1. The summed E-state index contributed by atoms with van der Waals surface area (Å²) in [5, 5.41) is 30.3. The van der Waals surface area contributed by atoms with Crippen LogP contribution < -0.4 is 16.0 Å². The van der Waals surface area contributed by atoms with Gasteiger partial charge < -0.3 is 30.9 Å². The van der Waals surface area contributed by atoms with Gasteiger partial charge in [-0.15, -0.1) is 16.9 Å². The van der Waals surface area contributed by atoms with Crippen LogP contribution >= 0.6 is 11.8 Å². The summed E-state index contributed by atoms with van der Waals surface area (Å²) in [6, 6.07) is 0.737. The van der Waals surface area contributed by atoms with E-state index in [-0.39, 0.29) is 59.3 Å². The lowest BCUT2D eigenvalue weighted by Crippen LogP contribution is -2.66. The van der Waals surface area contributed by atoms with Crippen molar-refractivity contribution in [1.29, 1.82) is 0 Å². The van der Waals surface area contributed by atoms with Gasteiger partial charge in [0.25, 0.3) is 0 Å². The van der Waals surface area contributed by atoms with Crippen LogP contribution in [0.1, 0.15) is 33.1 Å². The van der Waals surface area contributed by atoms with Crippen molar-refractivity contribution < 1.29 is 24.3 Å². The number of fused-ring (bicyclic) bond motifs is 1. The van der Waals surface area contributed by atoms with Gasteiger partial charge in [-0.05, 0) is 42.7 Å². The summed E-state index contributed by atoms with van der Waals surface area (Å²) in [5.74, 6) is -1.97. The average Bonchev–Trinajstić information content (AvgIpc) is 3.74. The Labute approximate surface area is 257 Å². The second-order valence-electron chi connectivity index (χ2n) is 11.6. The number of rotatable bonds is 10. The minimum atomic E-state index is -1.15. The number of thioether (sulfide) groups is 1. The molecule has 6 rings (SSSR count). The number of carbonyl (C=O) groups excluding carboxylic acids is 3. The molecule has 3 fully saturated rings. The normalized spacial score (nSPS) is 27.6. The third-order valence-corrected chi connectivity index (χ3v) is 10.3. The van der Waals surface area contributed by atoms with Gasteiger partial charge in [0.2, 0.25) is 23.7 Å². The number of piperidine rings is 1. The minimum absolute atomic E-state index is 0.00714. The molecule has 3 saturated heterocycles. The van der Waals surface area contributed by atoms with E-state index in [9.17, 15) is 24.3 Å². The van der Waals surface area contributed by atoms with Crippen molar-refractivity contribution in [3.05, 3.63) is 35.4 Å². The molecule has 2 aromatic heterocycles. The number of aromatic nitrogens is 6. The Bertz CT molecular complexity index is 1430. The molecule has 4 aliphatic rings. The fraction of sp³-hybridized carbons (Fsp3) is 0.593. The fourth-order valence-corrected chi connectivity index (χ4v) is 8.15. The van der Waals surface area contributed by atoms with Gasteiger partial charge in [-0.25, -0.2) is 19.4 Å². The second-order valence-corrected chi connectivity index (χ2v) is 13.0. The zero-order valence-electron chi connectivity index (χ0n) is 24.4. The monoisotopic (exact) mass is 625 g/mol. The number of likely N-dealkylation sites (tertiary alicyclic amines) is 1. The van der Waals surface area contributed by atoms with E-state index in [2.05, 4.69) is 41.4 Å². The number of carboxylic acid groups (broad SMARTS) is 1. The van der Waals surface area contributed by atoms with E-state index in [1.165, 1.54) is 27.7 Å². The third-order valence-electron chi connectivity index (χ3n) is 8.80. The molecule has 1 unspecified atom stereocenters. The van der Waals surface area contributed by atoms with Crippen molar-refractivity contribution in [1.82, 2.24) is 50.6 Å². The first-order valence-corrected chi connectivity index (χ1v) is 15.6. The van der Waals surface area contributed by atoms with E-state index in [4.69, 9.17) is 0 Å². The fourth-order valence-electron chi connectivity index (χ4n) is 6.67. The number of hydrogen-bond donors (Lipinski definition) is 4. The zero-order chi connectivity index (χ0) is 31.0.